The molecule has 0 radical (unpaired) electrons. The van der Waals surface area contributed by atoms with Crippen molar-refractivity contribution in [2.24, 2.45) is 7.05 Å². The van der Waals surface area contributed by atoms with E-state index in [1.807, 2.05) is 25.7 Å². The standard InChI is InChI=1S/C31H38N6O6/c1-6-7-16-36-25-26(33-28(36)35-15-9-11-21(18-35)32-29(40)43-31(2,3)4)34(5)30(41)37(27(25)39)19-24(38)20-10-8-12-23(17-20)42-22-13-14-22/h8,10,12,17,21-22H,9,11,13-16,18-19H2,1-5H3,(H,32,40)/t21-/m1/s1. The van der Waals surface area contributed by atoms with Crippen LogP contribution in [0.25, 0.3) is 11.2 Å². The minimum atomic E-state index is -0.642. The number of aromatic nitrogens is 4. The number of anilines is 1. The van der Waals surface area contributed by atoms with Crippen LogP contribution in [0.3, 0.4) is 0 Å². The first kappa shape index (κ1) is 29.9. The first-order valence-electron chi connectivity index (χ1n) is 14.6. The predicted octanol–water partition coefficient (Wildman–Crippen LogP) is 2.84. The molecule has 1 saturated carbocycles. The monoisotopic (exact) mass is 590 g/mol. The van der Waals surface area contributed by atoms with Gasteiger partial charge in [0, 0.05) is 31.7 Å². The average Bonchev–Trinajstić information content (AvgIpc) is 3.68. The lowest BCUT2D eigenvalue weighted by atomic mass is 10.1. The van der Waals surface area contributed by atoms with E-state index >= 15 is 0 Å². The van der Waals surface area contributed by atoms with Crippen molar-refractivity contribution in [1.82, 2.24) is 24.0 Å². The van der Waals surface area contributed by atoms with Crippen LogP contribution in [0.2, 0.25) is 0 Å². The van der Waals surface area contributed by atoms with Crippen molar-refractivity contribution in [3.8, 4) is 17.6 Å². The quantitative estimate of drug-likeness (QED) is 0.313. The van der Waals surface area contributed by atoms with Gasteiger partial charge in [0.1, 0.15) is 11.4 Å². The second-order valence-electron chi connectivity index (χ2n) is 12.0. The number of rotatable bonds is 8. The van der Waals surface area contributed by atoms with E-state index in [9.17, 15) is 19.2 Å². The molecule has 1 amide bonds. The highest BCUT2D eigenvalue weighted by Crippen LogP contribution is 2.27. The molecule has 228 valence electrons. The average molecular weight is 591 g/mol. The number of ketones is 1. The van der Waals surface area contributed by atoms with E-state index in [2.05, 4.69) is 17.2 Å². The topological polar surface area (TPSA) is 130 Å². The number of hydrogen-bond donors (Lipinski definition) is 1. The van der Waals surface area contributed by atoms with Crippen LogP contribution in [-0.4, -0.2) is 61.4 Å². The second kappa shape index (κ2) is 12.0. The van der Waals surface area contributed by atoms with Gasteiger partial charge in [0.2, 0.25) is 5.95 Å². The number of piperidine rings is 1. The zero-order valence-electron chi connectivity index (χ0n) is 25.3. The van der Waals surface area contributed by atoms with Crippen LogP contribution < -0.4 is 26.2 Å². The number of carbonyl (C=O) groups excluding carboxylic acids is 2. The predicted molar refractivity (Wildman–Crippen MR) is 162 cm³/mol. The Balaban J connectivity index is 1.48. The Hall–Kier alpha value is -4.53. The molecule has 1 aliphatic carbocycles. The van der Waals surface area contributed by atoms with Gasteiger partial charge in [-0.2, -0.15) is 4.98 Å². The highest BCUT2D eigenvalue weighted by atomic mass is 16.6. The molecule has 1 aromatic carbocycles. The number of imidazole rings is 1. The molecular formula is C31H38N6O6. The van der Waals surface area contributed by atoms with Gasteiger partial charge in [-0.05, 0) is 65.5 Å². The number of hydrogen-bond acceptors (Lipinski definition) is 8. The molecule has 0 spiro atoms. The van der Waals surface area contributed by atoms with Crippen LogP contribution >= 0.6 is 0 Å². The Morgan fingerprint density at radius 3 is 2.60 bits per heavy atom. The summed E-state index contributed by atoms with van der Waals surface area (Å²) in [5, 5.41) is 2.93. The molecule has 2 aromatic heterocycles. The molecule has 12 nitrogen and oxygen atoms in total. The van der Waals surface area contributed by atoms with Gasteiger partial charge in [-0.3, -0.25) is 23.3 Å². The van der Waals surface area contributed by atoms with Crippen LogP contribution in [0.15, 0.2) is 33.9 Å². The van der Waals surface area contributed by atoms with Crippen molar-refractivity contribution in [3.05, 3.63) is 50.7 Å². The fourth-order valence-electron chi connectivity index (χ4n) is 5.16. The highest BCUT2D eigenvalue weighted by Gasteiger charge is 2.29. The Morgan fingerprint density at radius 2 is 1.91 bits per heavy atom. The SMILES string of the molecule is CC#CCn1c(N2CCC[C@@H](NC(=O)OC(C)(C)C)C2)nc2c1c(=O)n(CC(=O)c1cccc(OC3CC3)c1)c(=O)n2C. The fourth-order valence-corrected chi connectivity index (χ4v) is 5.16. The summed E-state index contributed by atoms with van der Waals surface area (Å²) in [6.45, 7) is 7.92. The maximum atomic E-state index is 13.9. The van der Waals surface area contributed by atoms with E-state index in [0.717, 1.165) is 30.3 Å². The van der Waals surface area contributed by atoms with Gasteiger partial charge in [0.15, 0.2) is 16.9 Å². The van der Waals surface area contributed by atoms with E-state index < -0.39 is 29.5 Å². The summed E-state index contributed by atoms with van der Waals surface area (Å²) in [5.41, 5.74) is -1.14. The number of amides is 1. The number of alkyl carbamates (subject to hydrolysis) is 1. The third-order valence-electron chi connectivity index (χ3n) is 7.34. The lowest BCUT2D eigenvalue weighted by Gasteiger charge is -2.34. The molecule has 2 fully saturated rings. The van der Waals surface area contributed by atoms with Gasteiger partial charge in [0.25, 0.3) is 5.56 Å². The van der Waals surface area contributed by atoms with Gasteiger partial charge in [-0.1, -0.05) is 18.1 Å². The summed E-state index contributed by atoms with van der Waals surface area (Å²) in [6, 6.07) is 6.60. The summed E-state index contributed by atoms with van der Waals surface area (Å²) in [6.07, 6.45) is 3.17. The molecule has 12 heteroatoms. The molecule has 1 aliphatic heterocycles. The number of nitrogens with zero attached hydrogens (tertiary/aromatic N) is 5. The van der Waals surface area contributed by atoms with Crippen molar-refractivity contribution < 1.29 is 19.1 Å². The van der Waals surface area contributed by atoms with Crippen LogP contribution in [0.1, 0.15) is 63.7 Å². The van der Waals surface area contributed by atoms with Crippen molar-refractivity contribution in [3.63, 3.8) is 0 Å². The number of fused-ring (bicyclic) bond motifs is 1. The van der Waals surface area contributed by atoms with E-state index in [-0.39, 0.29) is 35.6 Å². The fraction of sp³-hybridized carbons (Fsp3) is 0.516. The first-order valence-corrected chi connectivity index (χ1v) is 14.6. The molecule has 3 aromatic rings. The van der Waals surface area contributed by atoms with E-state index in [1.54, 1.807) is 35.8 Å². The van der Waals surface area contributed by atoms with Gasteiger partial charge >= 0.3 is 11.8 Å². The lowest BCUT2D eigenvalue weighted by molar-refractivity contribution is 0.0499. The number of nitrogens with one attached hydrogen (secondary N) is 1. The van der Waals surface area contributed by atoms with Crippen molar-refractivity contribution >= 4 is 29.0 Å². The van der Waals surface area contributed by atoms with E-state index in [4.69, 9.17) is 14.5 Å². The summed E-state index contributed by atoms with van der Waals surface area (Å²) in [5.74, 6) is 6.54. The summed E-state index contributed by atoms with van der Waals surface area (Å²) >= 11 is 0. The third kappa shape index (κ3) is 6.77. The van der Waals surface area contributed by atoms with Crippen LogP contribution in [0, 0.1) is 11.8 Å². The molecular weight excluding hydrogens is 552 g/mol. The Labute approximate surface area is 249 Å². The number of Topliss-reactive ketones (excluding diaryl/α,β-unsaturated/α-hetero) is 1. The van der Waals surface area contributed by atoms with Crippen molar-refractivity contribution in [2.45, 2.75) is 84.2 Å². The highest BCUT2D eigenvalue weighted by molar-refractivity contribution is 5.96. The molecule has 43 heavy (non-hydrogen) atoms. The van der Waals surface area contributed by atoms with Gasteiger partial charge in [-0.15, -0.1) is 5.92 Å². The zero-order chi connectivity index (χ0) is 30.9. The molecule has 1 atom stereocenters. The van der Waals surface area contributed by atoms with Gasteiger partial charge < -0.3 is 19.7 Å². The van der Waals surface area contributed by atoms with Crippen LogP contribution in [-0.2, 0) is 24.9 Å². The molecule has 5 rings (SSSR count). The second-order valence-corrected chi connectivity index (χ2v) is 12.0. The number of ether oxygens (including phenoxy) is 2. The first-order chi connectivity index (χ1) is 20.4. The number of benzene rings is 1. The summed E-state index contributed by atoms with van der Waals surface area (Å²) in [4.78, 5) is 59.7. The van der Waals surface area contributed by atoms with Crippen LogP contribution in [0.4, 0.5) is 10.7 Å². The maximum Gasteiger partial charge on any atom is 0.407 e. The smallest absolute Gasteiger partial charge is 0.407 e. The summed E-state index contributed by atoms with van der Waals surface area (Å²) in [7, 11) is 1.53. The largest absolute Gasteiger partial charge is 0.490 e. The van der Waals surface area contributed by atoms with E-state index in [1.165, 1.54) is 11.6 Å². The van der Waals surface area contributed by atoms with Gasteiger partial charge in [0.05, 0.1) is 19.2 Å². The molecule has 0 bridgehead atoms. The molecule has 2 aliphatic rings. The molecule has 1 N–H and O–H groups in total. The third-order valence-corrected chi connectivity index (χ3v) is 7.34. The molecule has 0 unspecified atom stereocenters. The summed E-state index contributed by atoms with van der Waals surface area (Å²) < 4.78 is 15.2. The Morgan fingerprint density at radius 1 is 1.14 bits per heavy atom. The van der Waals surface area contributed by atoms with Crippen LogP contribution in [0.5, 0.6) is 5.75 Å². The van der Waals surface area contributed by atoms with Gasteiger partial charge in [-0.25, -0.2) is 9.59 Å². The Kier molecular flexibility index (Phi) is 8.35. The lowest BCUT2D eigenvalue weighted by Crippen LogP contribution is -2.49. The Bertz CT molecular complexity index is 1730. The minimum absolute atomic E-state index is 0.158. The molecule has 3 heterocycles. The molecule has 1 saturated heterocycles. The number of carbonyl (C=O) groups is 2. The maximum absolute atomic E-state index is 13.9. The number of aryl methyl sites for hydroxylation is 1. The normalized spacial score (nSPS) is 16.9. The van der Waals surface area contributed by atoms with Crippen molar-refractivity contribution in [2.75, 3.05) is 18.0 Å². The minimum Gasteiger partial charge on any atom is -0.490 e. The zero-order valence-corrected chi connectivity index (χ0v) is 25.3. The van der Waals surface area contributed by atoms with Crippen molar-refractivity contribution in [1.29, 1.82) is 0 Å². The van der Waals surface area contributed by atoms with E-state index in [0.29, 0.717) is 30.4 Å².